The van der Waals surface area contributed by atoms with Crippen molar-refractivity contribution in [1.29, 1.82) is 0 Å². The van der Waals surface area contributed by atoms with Crippen LogP contribution in [0.2, 0.25) is 0 Å². The predicted octanol–water partition coefficient (Wildman–Crippen LogP) is 2.82. The van der Waals surface area contributed by atoms with Crippen molar-refractivity contribution in [1.82, 2.24) is 24.5 Å². The summed E-state index contributed by atoms with van der Waals surface area (Å²) < 4.78 is 5.69. The molecule has 0 radical (unpaired) electrons. The molecule has 0 aliphatic carbocycles. The zero-order valence-corrected chi connectivity index (χ0v) is 25.4. The van der Waals surface area contributed by atoms with Gasteiger partial charge in [-0.2, -0.15) is 0 Å². The highest BCUT2D eigenvalue weighted by Crippen LogP contribution is 2.41. The van der Waals surface area contributed by atoms with Crippen molar-refractivity contribution < 1.29 is 24.2 Å². The van der Waals surface area contributed by atoms with Gasteiger partial charge in [-0.15, -0.1) is 0 Å². The number of hydrogen-bond acceptors (Lipinski definition) is 6. The van der Waals surface area contributed by atoms with Crippen LogP contribution in [0.5, 0.6) is 5.75 Å². The highest BCUT2D eigenvalue weighted by molar-refractivity contribution is 5.79. The molecule has 4 rings (SSSR count). The van der Waals surface area contributed by atoms with Crippen LogP contribution in [0.15, 0.2) is 18.2 Å². The Morgan fingerprint density at radius 2 is 1.90 bits per heavy atom. The molecule has 2 saturated heterocycles. The van der Waals surface area contributed by atoms with Crippen molar-refractivity contribution in [3.8, 4) is 5.75 Å². The van der Waals surface area contributed by atoms with Gasteiger partial charge in [-0.05, 0) is 63.5 Å². The number of carbonyl (C=O) groups is 3. The first-order valence-corrected chi connectivity index (χ1v) is 15.3. The van der Waals surface area contributed by atoms with E-state index in [9.17, 15) is 19.5 Å². The molecule has 0 bridgehead atoms. The molecule has 41 heavy (non-hydrogen) atoms. The molecule has 0 saturated carbocycles. The first-order valence-electron chi connectivity index (χ1n) is 15.3. The minimum Gasteiger partial charge on any atom is -0.493 e. The number of carboxylic acids is 1. The number of urea groups is 1. The largest absolute Gasteiger partial charge is 0.493 e. The lowest BCUT2D eigenvalue weighted by Crippen LogP contribution is -2.50. The molecule has 3 unspecified atom stereocenters. The van der Waals surface area contributed by atoms with Gasteiger partial charge in [-0.1, -0.05) is 25.5 Å². The molecule has 3 aliphatic heterocycles. The summed E-state index contributed by atoms with van der Waals surface area (Å²) in [6.45, 7) is 7.68. The van der Waals surface area contributed by atoms with Crippen molar-refractivity contribution in [2.75, 3.05) is 80.1 Å². The Bertz CT molecular complexity index is 1070. The van der Waals surface area contributed by atoms with Gasteiger partial charge in [0.05, 0.1) is 19.1 Å². The number of fused-ring (bicyclic) bond motifs is 1. The van der Waals surface area contributed by atoms with Crippen LogP contribution >= 0.6 is 0 Å². The summed E-state index contributed by atoms with van der Waals surface area (Å²) in [6, 6.07) is 5.69. The molecule has 0 spiro atoms. The molecule has 3 aliphatic rings. The van der Waals surface area contributed by atoms with Gasteiger partial charge >= 0.3 is 12.0 Å². The number of carbonyl (C=O) groups excluding carboxylic acids is 2. The molecule has 3 amide bonds. The van der Waals surface area contributed by atoms with Crippen LogP contribution < -0.4 is 4.74 Å². The number of nitrogens with zero attached hydrogens (tertiary/aromatic N) is 5. The summed E-state index contributed by atoms with van der Waals surface area (Å²) in [7, 11) is 5.88. The monoisotopic (exact) mass is 571 g/mol. The summed E-state index contributed by atoms with van der Waals surface area (Å²) in [5.74, 6) is -0.822. The number of hydrogen-bond donors (Lipinski definition) is 1. The zero-order valence-electron chi connectivity index (χ0n) is 25.4. The Hall–Kier alpha value is -2.85. The van der Waals surface area contributed by atoms with Gasteiger partial charge in [0.15, 0.2) is 0 Å². The highest BCUT2D eigenvalue weighted by atomic mass is 16.5. The van der Waals surface area contributed by atoms with Gasteiger partial charge in [-0.25, -0.2) is 4.79 Å². The number of carboxylic acid groups (broad SMARTS) is 1. The number of unbranched alkanes of at least 4 members (excludes halogenated alkanes) is 1. The molecular formula is C31H49N5O5. The lowest BCUT2D eigenvalue weighted by Gasteiger charge is -2.35. The van der Waals surface area contributed by atoms with Gasteiger partial charge in [0, 0.05) is 64.7 Å². The Labute approximate surface area is 245 Å². The van der Waals surface area contributed by atoms with E-state index in [1.807, 2.05) is 43.1 Å². The second-order valence-electron chi connectivity index (χ2n) is 12.2. The van der Waals surface area contributed by atoms with Gasteiger partial charge in [0.25, 0.3) is 0 Å². The average Bonchev–Trinajstić information content (AvgIpc) is 3.55. The second kappa shape index (κ2) is 14.4. The zero-order chi connectivity index (χ0) is 29.5. The fraction of sp³-hybridized carbons (Fsp3) is 0.710. The lowest BCUT2D eigenvalue weighted by atomic mass is 9.83. The normalized spacial score (nSPS) is 22.8. The van der Waals surface area contributed by atoms with Crippen LogP contribution in [-0.2, 0) is 16.0 Å². The third-order valence-corrected chi connectivity index (χ3v) is 8.89. The fourth-order valence-corrected chi connectivity index (χ4v) is 6.62. The Kier molecular flexibility index (Phi) is 10.9. The quantitative estimate of drug-likeness (QED) is 0.367. The topological polar surface area (TPSA) is 96.9 Å². The van der Waals surface area contributed by atoms with Crippen LogP contribution in [0, 0.1) is 5.92 Å². The van der Waals surface area contributed by atoms with Gasteiger partial charge in [0.1, 0.15) is 5.75 Å². The van der Waals surface area contributed by atoms with E-state index >= 15 is 0 Å². The van der Waals surface area contributed by atoms with Crippen LogP contribution in [0.3, 0.4) is 0 Å². The van der Waals surface area contributed by atoms with Crippen molar-refractivity contribution in [2.24, 2.45) is 5.92 Å². The molecule has 10 heteroatoms. The molecule has 1 aromatic carbocycles. The van der Waals surface area contributed by atoms with Crippen LogP contribution in [0.1, 0.15) is 56.1 Å². The van der Waals surface area contributed by atoms with Crippen LogP contribution in [0.4, 0.5) is 4.79 Å². The first-order chi connectivity index (χ1) is 19.7. The minimum atomic E-state index is -0.845. The lowest BCUT2D eigenvalue weighted by molar-refractivity contribution is -0.144. The summed E-state index contributed by atoms with van der Waals surface area (Å²) in [4.78, 5) is 49.1. The van der Waals surface area contributed by atoms with E-state index in [0.29, 0.717) is 45.8 Å². The van der Waals surface area contributed by atoms with Crippen LogP contribution in [-0.4, -0.2) is 134 Å². The maximum Gasteiger partial charge on any atom is 0.319 e. The number of aliphatic carboxylic acids is 1. The third-order valence-electron chi connectivity index (χ3n) is 8.89. The van der Waals surface area contributed by atoms with E-state index in [0.717, 1.165) is 62.1 Å². The predicted molar refractivity (Wildman–Crippen MR) is 158 cm³/mol. The third kappa shape index (κ3) is 7.71. The average molecular weight is 572 g/mol. The molecule has 228 valence electrons. The Morgan fingerprint density at radius 3 is 2.63 bits per heavy atom. The first kappa shape index (κ1) is 31.1. The van der Waals surface area contributed by atoms with E-state index in [1.165, 1.54) is 0 Å². The van der Waals surface area contributed by atoms with E-state index < -0.39 is 11.9 Å². The minimum absolute atomic E-state index is 0.00875. The molecule has 3 heterocycles. The van der Waals surface area contributed by atoms with Crippen molar-refractivity contribution >= 4 is 17.9 Å². The standard InChI is InChI=1S/C31H49N5O5/c1-5-6-15-34(16-7-13-32(2)3)28(37)22-36-21-25(23-9-10-27-24(20-23)12-19-41-27)29(30(38)39)26(36)11-18-35-17-8-14-33(4)31(35)40/h9-10,20,25-26,29H,5-8,11-19,21-22H2,1-4H3,(H,38,39). The number of amides is 3. The Balaban J connectivity index is 1.56. The van der Waals surface area contributed by atoms with E-state index in [2.05, 4.69) is 22.8 Å². The summed E-state index contributed by atoms with van der Waals surface area (Å²) >= 11 is 0. The molecule has 2 fully saturated rings. The number of ether oxygens (including phenoxy) is 1. The summed E-state index contributed by atoms with van der Waals surface area (Å²) in [6.07, 6.45) is 5.09. The highest BCUT2D eigenvalue weighted by Gasteiger charge is 2.47. The molecule has 10 nitrogen and oxygen atoms in total. The van der Waals surface area contributed by atoms with Crippen molar-refractivity contribution in [2.45, 2.75) is 57.4 Å². The Morgan fingerprint density at radius 1 is 1.12 bits per heavy atom. The summed E-state index contributed by atoms with van der Waals surface area (Å²) in [5, 5.41) is 10.5. The van der Waals surface area contributed by atoms with Gasteiger partial charge in [-0.3, -0.25) is 14.5 Å². The fourth-order valence-electron chi connectivity index (χ4n) is 6.62. The van der Waals surface area contributed by atoms with E-state index in [-0.39, 0.29) is 30.4 Å². The smallest absolute Gasteiger partial charge is 0.319 e. The molecule has 1 N–H and O–H groups in total. The number of likely N-dealkylation sites (tertiary alicyclic amines) is 1. The SMILES string of the molecule is CCCCN(CCCN(C)C)C(=O)CN1CC(c2ccc3c(c2)CCO3)C(C(=O)O)C1CCN1CCCN(C)C1=O. The molecule has 1 aromatic rings. The van der Waals surface area contributed by atoms with Gasteiger partial charge in [0.2, 0.25) is 5.91 Å². The number of rotatable bonds is 14. The van der Waals surface area contributed by atoms with Gasteiger partial charge < -0.3 is 29.4 Å². The van der Waals surface area contributed by atoms with Crippen molar-refractivity contribution in [3.63, 3.8) is 0 Å². The molecular weight excluding hydrogens is 522 g/mol. The molecule has 3 atom stereocenters. The second-order valence-corrected chi connectivity index (χ2v) is 12.2. The van der Waals surface area contributed by atoms with E-state index in [1.54, 1.807) is 4.90 Å². The van der Waals surface area contributed by atoms with Crippen molar-refractivity contribution in [3.05, 3.63) is 29.3 Å². The van der Waals surface area contributed by atoms with Crippen LogP contribution in [0.25, 0.3) is 0 Å². The molecule has 0 aromatic heterocycles. The van der Waals surface area contributed by atoms with E-state index in [4.69, 9.17) is 4.74 Å². The maximum absolute atomic E-state index is 13.7. The number of benzene rings is 1. The maximum atomic E-state index is 13.7. The summed E-state index contributed by atoms with van der Waals surface area (Å²) in [5.41, 5.74) is 2.11.